The zero-order chi connectivity index (χ0) is 22.9. The van der Waals surface area contributed by atoms with Gasteiger partial charge >= 0.3 is 0 Å². The van der Waals surface area contributed by atoms with Gasteiger partial charge in [-0.2, -0.15) is 4.98 Å². The summed E-state index contributed by atoms with van der Waals surface area (Å²) in [5.74, 6) is 2.81. The van der Waals surface area contributed by atoms with Crippen LogP contribution in [0.4, 0.5) is 5.95 Å². The van der Waals surface area contributed by atoms with Gasteiger partial charge in [-0.25, -0.2) is 9.97 Å². The number of nitrogens with one attached hydrogen (secondary N) is 1. The van der Waals surface area contributed by atoms with Crippen molar-refractivity contribution in [2.45, 2.75) is 20.8 Å². The number of aryl methyl sites for hydroxylation is 1. The maximum Gasteiger partial charge on any atom is 0.236 e. The van der Waals surface area contributed by atoms with Crippen molar-refractivity contribution in [2.75, 3.05) is 45.0 Å². The second-order valence-electron chi connectivity index (χ2n) is 7.80. The van der Waals surface area contributed by atoms with Crippen molar-refractivity contribution >= 4 is 37.7 Å². The highest BCUT2D eigenvalue weighted by atomic mass is 32.1. The van der Waals surface area contributed by atoms with E-state index >= 15 is 0 Å². The predicted octanol–water partition coefficient (Wildman–Crippen LogP) is 4.39. The fourth-order valence-corrected chi connectivity index (χ4v) is 5.14. The van der Waals surface area contributed by atoms with Gasteiger partial charge in [0.15, 0.2) is 11.5 Å². The Morgan fingerprint density at radius 3 is 2.76 bits per heavy atom. The molecule has 1 N–H and O–H groups in total. The Morgan fingerprint density at radius 1 is 1.12 bits per heavy atom. The molecule has 1 aromatic carbocycles. The molecule has 0 unspecified atom stereocenters. The first-order valence-corrected chi connectivity index (χ1v) is 12.0. The van der Waals surface area contributed by atoms with E-state index in [1.54, 1.807) is 11.3 Å². The number of ether oxygens (including phenoxy) is 3. The second-order valence-corrected chi connectivity index (χ2v) is 8.80. The van der Waals surface area contributed by atoms with Gasteiger partial charge in [0.1, 0.15) is 15.0 Å². The molecule has 4 heterocycles. The number of benzene rings is 1. The van der Waals surface area contributed by atoms with Crippen LogP contribution in [0.5, 0.6) is 17.4 Å². The highest BCUT2D eigenvalue weighted by Gasteiger charge is 2.21. The minimum atomic E-state index is 0.255. The lowest BCUT2D eigenvalue weighted by molar-refractivity contribution is 0.174. The molecule has 0 saturated carbocycles. The number of likely N-dealkylation sites (N-methyl/N-ethyl adjacent to an activating group) is 2. The van der Waals surface area contributed by atoms with Gasteiger partial charge in [-0.05, 0) is 57.6 Å². The Labute approximate surface area is 196 Å². The van der Waals surface area contributed by atoms with E-state index in [4.69, 9.17) is 29.2 Å². The maximum absolute atomic E-state index is 5.95. The lowest BCUT2D eigenvalue weighted by Crippen LogP contribution is -2.32. The van der Waals surface area contributed by atoms with Crippen LogP contribution in [-0.2, 0) is 0 Å². The lowest BCUT2D eigenvalue weighted by Gasteiger charge is -2.21. The van der Waals surface area contributed by atoms with Crippen LogP contribution in [0.2, 0.25) is 0 Å². The largest absolute Gasteiger partial charge is 0.477 e. The van der Waals surface area contributed by atoms with Crippen LogP contribution in [0.3, 0.4) is 0 Å². The van der Waals surface area contributed by atoms with Crippen LogP contribution < -0.4 is 24.4 Å². The molecule has 1 aliphatic heterocycles. The van der Waals surface area contributed by atoms with Crippen molar-refractivity contribution in [3.05, 3.63) is 29.8 Å². The number of aromatic nitrogens is 3. The van der Waals surface area contributed by atoms with Gasteiger partial charge in [0.05, 0.1) is 12.3 Å². The molecule has 0 spiro atoms. The lowest BCUT2D eigenvalue weighted by atomic mass is 10.1. The van der Waals surface area contributed by atoms with Gasteiger partial charge in [0.2, 0.25) is 18.6 Å². The summed E-state index contributed by atoms with van der Waals surface area (Å²) in [4.78, 5) is 17.8. The van der Waals surface area contributed by atoms with E-state index in [0.717, 1.165) is 68.4 Å². The molecule has 33 heavy (non-hydrogen) atoms. The Morgan fingerprint density at radius 2 is 1.97 bits per heavy atom. The highest BCUT2D eigenvalue weighted by molar-refractivity contribution is 7.25. The first kappa shape index (κ1) is 21.7. The molecule has 0 saturated heterocycles. The van der Waals surface area contributed by atoms with E-state index in [9.17, 15) is 0 Å². The third-order valence-electron chi connectivity index (χ3n) is 5.69. The molecule has 0 atom stereocenters. The highest BCUT2D eigenvalue weighted by Crippen LogP contribution is 2.41. The zero-order valence-electron chi connectivity index (χ0n) is 19.3. The summed E-state index contributed by atoms with van der Waals surface area (Å²) in [7, 11) is 1.95. The molecule has 5 rings (SSSR count). The third-order valence-corrected chi connectivity index (χ3v) is 6.75. The number of hydrogen-bond acceptors (Lipinski definition) is 9. The predicted molar refractivity (Wildman–Crippen MR) is 132 cm³/mol. The van der Waals surface area contributed by atoms with E-state index in [1.807, 2.05) is 32.2 Å². The Hall–Kier alpha value is -3.17. The zero-order valence-corrected chi connectivity index (χ0v) is 20.1. The van der Waals surface area contributed by atoms with E-state index in [2.05, 4.69) is 30.1 Å². The minimum Gasteiger partial charge on any atom is -0.477 e. The van der Waals surface area contributed by atoms with E-state index in [-0.39, 0.29) is 6.79 Å². The fourth-order valence-electron chi connectivity index (χ4n) is 4.01. The Bertz CT molecular complexity index is 1320. The molecule has 0 bridgehead atoms. The van der Waals surface area contributed by atoms with Gasteiger partial charge in [-0.15, -0.1) is 11.3 Å². The first-order valence-electron chi connectivity index (χ1n) is 11.2. The first-order chi connectivity index (χ1) is 16.1. The summed E-state index contributed by atoms with van der Waals surface area (Å²) < 4.78 is 17.9. The van der Waals surface area contributed by atoms with E-state index in [0.29, 0.717) is 18.4 Å². The van der Waals surface area contributed by atoms with E-state index in [1.165, 1.54) is 0 Å². The van der Waals surface area contributed by atoms with Crippen molar-refractivity contribution in [1.82, 2.24) is 20.3 Å². The fraction of sp³-hybridized carbons (Fsp3) is 0.375. The van der Waals surface area contributed by atoms with Crippen molar-refractivity contribution in [3.8, 4) is 28.6 Å². The van der Waals surface area contributed by atoms with Crippen molar-refractivity contribution < 1.29 is 14.2 Å². The number of anilines is 1. The summed E-state index contributed by atoms with van der Waals surface area (Å²) in [6.45, 7) is 9.46. The van der Waals surface area contributed by atoms with Crippen molar-refractivity contribution in [1.29, 1.82) is 0 Å². The number of rotatable bonds is 8. The number of nitrogens with zero attached hydrogens (tertiary/aromatic N) is 4. The second kappa shape index (κ2) is 8.99. The number of pyridine rings is 1. The van der Waals surface area contributed by atoms with Gasteiger partial charge < -0.3 is 24.4 Å². The molecular formula is C24H27N5O3S. The molecular weight excluding hydrogens is 438 g/mol. The number of hydrogen-bond donors (Lipinski definition) is 1. The van der Waals surface area contributed by atoms with Crippen molar-refractivity contribution in [3.63, 3.8) is 0 Å². The summed E-state index contributed by atoms with van der Waals surface area (Å²) in [5, 5.41) is 4.25. The SMILES string of the molecule is CCOc1nc(N(CC)CCNC)nc2c1sc1nc(-c3ccc4c(c3)OCO4)cc(C)c12. The average molecular weight is 466 g/mol. The quantitative estimate of drug-likeness (QED) is 0.410. The van der Waals surface area contributed by atoms with Crippen LogP contribution in [0, 0.1) is 6.92 Å². The average Bonchev–Trinajstić information content (AvgIpc) is 3.44. The van der Waals surface area contributed by atoms with Crippen LogP contribution in [-0.4, -0.2) is 55.0 Å². The van der Waals surface area contributed by atoms with Gasteiger partial charge in [0.25, 0.3) is 0 Å². The molecule has 172 valence electrons. The van der Waals surface area contributed by atoms with Crippen LogP contribution in [0.25, 0.3) is 31.7 Å². The smallest absolute Gasteiger partial charge is 0.236 e. The minimum absolute atomic E-state index is 0.255. The summed E-state index contributed by atoms with van der Waals surface area (Å²) in [5.41, 5.74) is 3.89. The number of thiophene rings is 1. The van der Waals surface area contributed by atoms with Crippen LogP contribution in [0.15, 0.2) is 24.3 Å². The molecule has 0 amide bonds. The van der Waals surface area contributed by atoms with Crippen molar-refractivity contribution in [2.24, 2.45) is 0 Å². The maximum atomic E-state index is 5.95. The van der Waals surface area contributed by atoms with Gasteiger partial charge in [0, 0.05) is 30.6 Å². The number of fused-ring (bicyclic) bond motifs is 4. The Balaban J connectivity index is 1.66. The summed E-state index contributed by atoms with van der Waals surface area (Å²) in [6, 6.07) is 8.03. The van der Waals surface area contributed by atoms with Gasteiger partial charge in [-0.3, -0.25) is 0 Å². The normalized spacial score (nSPS) is 12.6. The van der Waals surface area contributed by atoms with Crippen LogP contribution >= 0.6 is 11.3 Å². The molecule has 1 aliphatic rings. The van der Waals surface area contributed by atoms with E-state index < -0.39 is 0 Å². The third kappa shape index (κ3) is 3.91. The molecule has 0 fully saturated rings. The molecule has 3 aromatic heterocycles. The molecule has 8 nitrogen and oxygen atoms in total. The molecule has 0 radical (unpaired) electrons. The van der Waals surface area contributed by atoms with Crippen LogP contribution in [0.1, 0.15) is 19.4 Å². The Kier molecular flexibility index (Phi) is 5.90. The monoisotopic (exact) mass is 465 g/mol. The topological polar surface area (TPSA) is 81.6 Å². The molecule has 4 aromatic rings. The summed E-state index contributed by atoms with van der Waals surface area (Å²) >= 11 is 1.57. The summed E-state index contributed by atoms with van der Waals surface area (Å²) in [6.07, 6.45) is 0. The van der Waals surface area contributed by atoms with Gasteiger partial charge in [-0.1, -0.05) is 0 Å². The molecule has 9 heteroatoms. The standard InChI is InChI=1S/C24H27N5O3S/c1-5-29(10-9-25-4)24-27-20-19-14(3)11-16(15-7-8-17-18(12-15)32-13-31-17)26-23(19)33-21(20)22(28-24)30-6-2/h7-8,11-12,25H,5-6,9-10,13H2,1-4H3. The molecule has 0 aliphatic carbocycles.